The Labute approximate surface area is 125 Å². The Morgan fingerprint density at radius 2 is 2.15 bits per heavy atom. The lowest BCUT2D eigenvalue weighted by Gasteiger charge is -2.12. The van der Waals surface area contributed by atoms with Crippen LogP contribution in [0.3, 0.4) is 0 Å². The summed E-state index contributed by atoms with van der Waals surface area (Å²) in [6, 6.07) is 6.55. The average molecular weight is 290 g/mol. The van der Waals surface area contributed by atoms with Gasteiger partial charge in [0, 0.05) is 18.5 Å². The Morgan fingerprint density at radius 3 is 2.80 bits per heavy atom. The van der Waals surface area contributed by atoms with Crippen LogP contribution in [-0.4, -0.2) is 21.3 Å². The largest absolute Gasteiger partial charge is 0.312 e. The smallest absolute Gasteiger partial charge is 0.195 e. The van der Waals surface area contributed by atoms with Crippen LogP contribution < -0.4 is 5.32 Å². The molecule has 0 radical (unpaired) electrons. The molecule has 0 spiro atoms. The molecule has 0 saturated heterocycles. The lowest BCUT2D eigenvalue weighted by atomic mass is 10.1. The lowest BCUT2D eigenvalue weighted by Crippen LogP contribution is -2.19. The molecule has 0 unspecified atom stereocenters. The topological polar surface area (TPSA) is 42.7 Å². The van der Waals surface area contributed by atoms with Gasteiger partial charge >= 0.3 is 0 Å². The average Bonchev–Trinajstić information content (AvgIpc) is 2.78. The van der Waals surface area contributed by atoms with Crippen LogP contribution >= 0.6 is 11.8 Å². The molecule has 108 valence electrons. The third kappa shape index (κ3) is 4.08. The Morgan fingerprint density at radius 1 is 1.35 bits per heavy atom. The van der Waals surface area contributed by atoms with Crippen molar-refractivity contribution in [3.63, 3.8) is 0 Å². The van der Waals surface area contributed by atoms with E-state index >= 15 is 0 Å². The monoisotopic (exact) mass is 290 g/mol. The van der Waals surface area contributed by atoms with Gasteiger partial charge in [0.2, 0.25) is 0 Å². The van der Waals surface area contributed by atoms with Gasteiger partial charge in [-0.15, -0.1) is 10.2 Å². The molecule has 0 fully saturated rings. The van der Waals surface area contributed by atoms with Crippen molar-refractivity contribution in [3.05, 3.63) is 35.7 Å². The maximum atomic E-state index is 4.14. The molecule has 20 heavy (non-hydrogen) atoms. The summed E-state index contributed by atoms with van der Waals surface area (Å²) in [5.41, 5.74) is 2.60. The molecular formula is C15H22N4S. The van der Waals surface area contributed by atoms with Crippen LogP contribution in [0.4, 0.5) is 0 Å². The molecule has 2 rings (SSSR count). The highest BCUT2D eigenvalue weighted by Gasteiger charge is 2.09. The molecule has 0 aliphatic carbocycles. The number of hydrogen-bond acceptors (Lipinski definition) is 4. The minimum Gasteiger partial charge on any atom is -0.312 e. The van der Waals surface area contributed by atoms with Crippen LogP contribution in [-0.2, 0) is 13.6 Å². The molecule has 0 amide bonds. The van der Waals surface area contributed by atoms with Crippen molar-refractivity contribution in [2.24, 2.45) is 13.0 Å². The Hall–Kier alpha value is -1.33. The van der Waals surface area contributed by atoms with Crippen LogP contribution in [0.2, 0.25) is 0 Å². The summed E-state index contributed by atoms with van der Waals surface area (Å²) in [6.07, 6.45) is 1.73. The Bertz CT molecular complexity index is 563. The lowest BCUT2D eigenvalue weighted by molar-refractivity contribution is 0.550. The zero-order valence-corrected chi connectivity index (χ0v) is 13.4. The van der Waals surface area contributed by atoms with E-state index in [0.29, 0.717) is 5.92 Å². The summed E-state index contributed by atoms with van der Waals surface area (Å²) in [4.78, 5) is 1.24. The number of hydrogen-bond donors (Lipinski definition) is 1. The molecule has 0 aliphatic rings. The molecule has 1 aromatic carbocycles. The fraction of sp³-hybridized carbons (Fsp3) is 0.467. The molecule has 0 atom stereocenters. The fourth-order valence-corrected chi connectivity index (χ4v) is 2.78. The van der Waals surface area contributed by atoms with E-state index in [2.05, 4.69) is 54.5 Å². The molecule has 0 saturated carbocycles. The van der Waals surface area contributed by atoms with E-state index < -0.39 is 0 Å². The second kappa shape index (κ2) is 6.90. The molecular weight excluding hydrogens is 268 g/mol. The molecule has 1 heterocycles. The number of rotatable bonds is 6. The van der Waals surface area contributed by atoms with E-state index in [0.717, 1.165) is 18.2 Å². The normalized spacial score (nSPS) is 11.2. The van der Waals surface area contributed by atoms with Crippen LogP contribution in [0.1, 0.15) is 25.0 Å². The molecule has 4 nitrogen and oxygen atoms in total. The highest BCUT2D eigenvalue weighted by molar-refractivity contribution is 7.99. The molecule has 1 N–H and O–H groups in total. The summed E-state index contributed by atoms with van der Waals surface area (Å²) in [5.74, 6) is 0.662. The zero-order chi connectivity index (χ0) is 14.5. The standard InChI is InChI=1S/C15H22N4S/c1-11(2)8-16-9-13-7-12(3)5-6-14(13)20-15-18-17-10-19(15)4/h5-7,10-11,16H,8-9H2,1-4H3. The van der Waals surface area contributed by atoms with Gasteiger partial charge in [-0.2, -0.15) is 0 Å². The highest BCUT2D eigenvalue weighted by Crippen LogP contribution is 2.29. The highest BCUT2D eigenvalue weighted by atomic mass is 32.2. The first-order chi connectivity index (χ1) is 9.56. The van der Waals surface area contributed by atoms with E-state index in [-0.39, 0.29) is 0 Å². The molecule has 1 aromatic heterocycles. The van der Waals surface area contributed by atoms with Gasteiger partial charge in [-0.25, -0.2) is 0 Å². The van der Waals surface area contributed by atoms with Crippen LogP contribution in [0, 0.1) is 12.8 Å². The first-order valence-corrected chi connectivity index (χ1v) is 7.70. The van der Waals surface area contributed by atoms with Crippen molar-refractivity contribution >= 4 is 11.8 Å². The van der Waals surface area contributed by atoms with Crippen molar-refractivity contribution in [2.45, 2.75) is 37.4 Å². The van der Waals surface area contributed by atoms with E-state index in [4.69, 9.17) is 0 Å². The number of aromatic nitrogens is 3. The quantitative estimate of drug-likeness (QED) is 0.888. The number of benzene rings is 1. The van der Waals surface area contributed by atoms with Gasteiger partial charge in [0.05, 0.1) is 0 Å². The minimum atomic E-state index is 0.662. The van der Waals surface area contributed by atoms with E-state index in [1.165, 1.54) is 16.0 Å². The van der Waals surface area contributed by atoms with E-state index in [9.17, 15) is 0 Å². The predicted octanol–water partition coefficient (Wildman–Crippen LogP) is 3.02. The van der Waals surface area contributed by atoms with Crippen LogP contribution in [0.25, 0.3) is 0 Å². The maximum absolute atomic E-state index is 4.14. The van der Waals surface area contributed by atoms with Crippen molar-refractivity contribution in [1.29, 1.82) is 0 Å². The van der Waals surface area contributed by atoms with Gasteiger partial charge < -0.3 is 9.88 Å². The van der Waals surface area contributed by atoms with Crippen molar-refractivity contribution in [1.82, 2.24) is 20.1 Å². The third-order valence-corrected chi connectivity index (χ3v) is 4.13. The van der Waals surface area contributed by atoms with Gasteiger partial charge in [0.25, 0.3) is 0 Å². The summed E-state index contributed by atoms with van der Waals surface area (Å²) >= 11 is 1.66. The van der Waals surface area contributed by atoms with E-state index in [1.54, 1.807) is 18.1 Å². The number of aryl methyl sites for hydroxylation is 2. The second-order valence-electron chi connectivity index (χ2n) is 5.46. The van der Waals surface area contributed by atoms with Crippen LogP contribution in [0.5, 0.6) is 0 Å². The minimum absolute atomic E-state index is 0.662. The first kappa shape index (κ1) is 15.1. The van der Waals surface area contributed by atoms with Gasteiger partial charge in [-0.05, 0) is 42.8 Å². The summed E-state index contributed by atoms with van der Waals surface area (Å²) in [7, 11) is 1.97. The summed E-state index contributed by atoms with van der Waals surface area (Å²) in [6.45, 7) is 8.49. The van der Waals surface area contributed by atoms with Crippen molar-refractivity contribution in [2.75, 3.05) is 6.54 Å². The molecule has 0 aliphatic heterocycles. The van der Waals surface area contributed by atoms with Gasteiger partial charge in [-0.3, -0.25) is 0 Å². The maximum Gasteiger partial charge on any atom is 0.195 e. The number of nitrogens with zero attached hydrogens (tertiary/aromatic N) is 3. The zero-order valence-electron chi connectivity index (χ0n) is 12.6. The van der Waals surface area contributed by atoms with Gasteiger partial charge in [0.1, 0.15) is 6.33 Å². The van der Waals surface area contributed by atoms with Crippen molar-refractivity contribution in [3.8, 4) is 0 Å². The Balaban J connectivity index is 2.13. The predicted molar refractivity (Wildman–Crippen MR) is 82.8 cm³/mol. The molecule has 2 aromatic rings. The summed E-state index contributed by atoms with van der Waals surface area (Å²) < 4.78 is 1.94. The van der Waals surface area contributed by atoms with Crippen molar-refractivity contribution < 1.29 is 0 Å². The molecule has 0 bridgehead atoms. The van der Waals surface area contributed by atoms with Crippen LogP contribution in [0.15, 0.2) is 34.6 Å². The van der Waals surface area contributed by atoms with Gasteiger partial charge in [-0.1, -0.05) is 31.5 Å². The second-order valence-corrected chi connectivity index (χ2v) is 6.47. The first-order valence-electron chi connectivity index (χ1n) is 6.88. The Kier molecular flexibility index (Phi) is 5.20. The van der Waals surface area contributed by atoms with Gasteiger partial charge in [0.15, 0.2) is 5.16 Å². The van der Waals surface area contributed by atoms with E-state index in [1.807, 2.05) is 11.6 Å². The SMILES string of the molecule is Cc1ccc(Sc2nncn2C)c(CNCC(C)C)c1. The fourth-order valence-electron chi connectivity index (χ4n) is 1.90. The third-order valence-electron chi connectivity index (χ3n) is 2.96. The summed E-state index contributed by atoms with van der Waals surface area (Å²) in [5, 5.41) is 12.5. The molecule has 5 heteroatoms. The number of nitrogens with one attached hydrogen (secondary N) is 1.